The number of aromatic nitrogens is 2. The molecule has 32 heavy (non-hydrogen) atoms. The highest BCUT2D eigenvalue weighted by molar-refractivity contribution is 5.83. The van der Waals surface area contributed by atoms with Crippen molar-refractivity contribution in [1.29, 1.82) is 0 Å². The van der Waals surface area contributed by atoms with Gasteiger partial charge in [-0.1, -0.05) is 30.7 Å². The average Bonchev–Trinajstić information content (AvgIpc) is 3.14. The minimum Gasteiger partial charge on any atom is -0.483 e. The van der Waals surface area contributed by atoms with E-state index < -0.39 is 0 Å². The third-order valence-corrected chi connectivity index (χ3v) is 5.75. The fourth-order valence-corrected chi connectivity index (χ4v) is 3.75. The van der Waals surface area contributed by atoms with Gasteiger partial charge in [0.2, 0.25) is 0 Å². The Morgan fingerprint density at radius 1 is 1.09 bits per heavy atom. The summed E-state index contributed by atoms with van der Waals surface area (Å²) in [6.45, 7) is 8.17. The number of ether oxygens (including phenoxy) is 1. The molecular formula is C26H33N3O3. The molecule has 0 radical (unpaired) electrons. The van der Waals surface area contributed by atoms with Gasteiger partial charge in [-0.05, 0) is 69.9 Å². The monoisotopic (exact) mass is 435 g/mol. The van der Waals surface area contributed by atoms with Crippen LogP contribution in [-0.4, -0.2) is 34.4 Å². The summed E-state index contributed by atoms with van der Waals surface area (Å²) in [7, 11) is 0. The number of para-hydroxylation sites is 2. The maximum Gasteiger partial charge on any atom is 0.257 e. The molecule has 2 aromatic carbocycles. The minimum absolute atomic E-state index is 0.0251. The number of unbranched alkanes of at least 4 members (excludes halogenated alkanes) is 2. The van der Waals surface area contributed by atoms with Crippen LogP contribution in [0.4, 0.5) is 0 Å². The van der Waals surface area contributed by atoms with E-state index in [9.17, 15) is 9.59 Å². The number of hydrogen-bond acceptors (Lipinski definition) is 4. The van der Waals surface area contributed by atoms with E-state index in [0.29, 0.717) is 6.54 Å². The molecule has 1 aromatic heterocycles. The molecule has 1 unspecified atom stereocenters. The molecule has 0 aliphatic carbocycles. The highest BCUT2D eigenvalue weighted by Crippen LogP contribution is 2.23. The van der Waals surface area contributed by atoms with Crippen molar-refractivity contribution in [1.82, 2.24) is 14.9 Å². The number of carbonyl (C=O) groups excluding carboxylic acids is 2. The van der Waals surface area contributed by atoms with Crippen molar-refractivity contribution in [3.05, 3.63) is 59.4 Å². The summed E-state index contributed by atoms with van der Waals surface area (Å²) in [5, 5.41) is 2.92. The van der Waals surface area contributed by atoms with Crippen LogP contribution in [-0.2, 0) is 16.0 Å². The third-order valence-electron chi connectivity index (χ3n) is 5.75. The second-order valence-corrected chi connectivity index (χ2v) is 8.39. The summed E-state index contributed by atoms with van der Waals surface area (Å²) in [6, 6.07) is 13.7. The number of rotatable bonds is 11. The molecule has 0 bridgehead atoms. The maximum absolute atomic E-state index is 12.1. The Labute approximate surface area is 190 Å². The van der Waals surface area contributed by atoms with E-state index in [4.69, 9.17) is 9.72 Å². The number of carbonyl (C=O) groups is 2. The lowest BCUT2D eigenvalue weighted by atomic mass is 10.1. The Morgan fingerprint density at radius 2 is 1.88 bits per heavy atom. The van der Waals surface area contributed by atoms with E-state index in [1.54, 1.807) is 6.92 Å². The smallest absolute Gasteiger partial charge is 0.257 e. The number of aryl methyl sites for hydroxylation is 3. The molecule has 6 heteroatoms. The first-order chi connectivity index (χ1) is 15.4. The number of amides is 1. The number of Topliss-reactive ketones (excluding diaryl/α,β-unsaturated/α-hetero) is 1. The number of imidazole rings is 1. The highest BCUT2D eigenvalue weighted by Gasteiger charge is 2.18. The molecule has 3 rings (SSSR count). The van der Waals surface area contributed by atoms with Crippen molar-refractivity contribution in [2.24, 2.45) is 0 Å². The molecule has 1 N–H and O–H groups in total. The van der Waals surface area contributed by atoms with Crippen LogP contribution in [0.15, 0.2) is 42.5 Å². The first-order valence-electron chi connectivity index (χ1n) is 11.3. The zero-order chi connectivity index (χ0) is 23.1. The van der Waals surface area contributed by atoms with E-state index >= 15 is 0 Å². The highest BCUT2D eigenvalue weighted by atomic mass is 16.5. The Hall–Kier alpha value is -3.15. The zero-order valence-electron chi connectivity index (χ0n) is 19.5. The van der Waals surface area contributed by atoms with E-state index in [1.807, 2.05) is 63.2 Å². The van der Waals surface area contributed by atoms with Crippen LogP contribution in [0.5, 0.6) is 5.75 Å². The number of hydrogen-bond donors (Lipinski definition) is 1. The topological polar surface area (TPSA) is 73.2 Å². The third kappa shape index (κ3) is 5.96. The van der Waals surface area contributed by atoms with E-state index in [2.05, 4.69) is 9.88 Å². The summed E-state index contributed by atoms with van der Waals surface area (Å²) in [5.41, 5.74) is 4.05. The van der Waals surface area contributed by atoms with Gasteiger partial charge in [0.15, 0.2) is 12.4 Å². The normalized spacial score (nSPS) is 12.0. The van der Waals surface area contributed by atoms with Crippen LogP contribution in [0.2, 0.25) is 0 Å². The van der Waals surface area contributed by atoms with Crippen molar-refractivity contribution in [3.63, 3.8) is 0 Å². The van der Waals surface area contributed by atoms with E-state index in [-0.39, 0.29) is 24.3 Å². The van der Waals surface area contributed by atoms with Gasteiger partial charge in [0.1, 0.15) is 11.6 Å². The maximum atomic E-state index is 12.1. The molecule has 6 nitrogen and oxygen atoms in total. The van der Waals surface area contributed by atoms with Gasteiger partial charge in [-0.3, -0.25) is 9.59 Å². The number of fused-ring (bicyclic) bond motifs is 1. The lowest BCUT2D eigenvalue weighted by Crippen LogP contribution is -2.29. The SMILES string of the molecule is CC(=O)C(C)n1c(CCCCCNC(=O)COc2cc(C)ccc2C)nc2ccccc21. The van der Waals surface area contributed by atoms with Gasteiger partial charge in [0.25, 0.3) is 5.91 Å². The van der Waals surface area contributed by atoms with Gasteiger partial charge < -0.3 is 14.6 Å². The fraction of sp³-hybridized carbons (Fsp3) is 0.423. The molecule has 0 aliphatic rings. The average molecular weight is 436 g/mol. The Morgan fingerprint density at radius 3 is 2.66 bits per heavy atom. The quantitative estimate of drug-likeness (QED) is 0.443. The summed E-state index contributed by atoms with van der Waals surface area (Å²) in [6.07, 6.45) is 3.60. The first-order valence-corrected chi connectivity index (χ1v) is 11.3. The Kier molecular flexibility index (Phi) is 8.03. The molecule has 0 spiro atoms. The fourth-order valence-electron chi connectivity index (χ4n) is 3.75. The van der Waals surface area contributed by atoms with Gasteiger partial charge in [0.05, 0.1) is 17.1 Å². The molecule has 1 atom stereocenters. The molecular weight excluding hydrogens is 402 g/mol. The van der Waals surface area contributed by atoms with Crippen LogP contribution in [0.3, 0.4) is 0 Å². The molecule has 1 heterocycles. The van der Waals surface area contributed by atoms with Gasteiger partial charge in [-0.2, -0.15) is 0 Å². The van der Waals surface area contributed by atoms with E-state index in [1.165, 1.54) is 0 Å². The summed E-state index contributed by atoms with van der Waals surface area (Å²) in [4.78, 5) is 28.8. The van der Waals surface area contributed by atoms with Crippen LogP contribution < -0.4 is 10.1 Å². The van der Waals surface area contributed by atoms with Gasteiger partial charge in [-0.25, -0.2) is 4.98 Å². The van der Waals surface area contributed by atoms with Crippen molar-refractivity contribution < 1.29 is 14.3 Å². The predicted octanol–water partition coefficient (Wildman–Crippen LogP) is 4.71. The number of benzene rings is 2. The first kappa shape index (κ1) is 23.5. The van der Waals surface area contributed by atoms with Crippen molar-refractivity contribution in [2.75, 3.05) is 13.2 Å². The summed E-state index contributed by atoms with van der Waals surface area (Å²) >= 11 is 0. The van der Waals surface area contributed by atoms with Crippen molar-refractivity contribution in [3.8, 4) is 5.75 Å². The van der Waals surface area contributed by atoms with Gasteiger partial charge in [0, 0.05) is 13.0 Å². The molecule has 0 fully saturated rings. The molecule has 1 amide bonds. The van der Waals surface area contributed by atoms with Gasteiger partial charge in [-0.15, -0.1) is 0 Å². The second-order valence-electron chi connectivity index (χ2n) is 8.39. The molecule has 0 aliphatic heterocycles. The zero-order valence-corrected chi connectivity index (χ0v) is 19.5. The molecule has 170 valence electrons. The molecule has 3 aromatic rings. The second kappa shape index (κ2) is 10.9. The van der Waals surface area contributed by atoms with Crippen molar-refractivity contribution in [2.45, 2.75) is 59.4 Å². The summed E-state index contributed by atoms with van der Waals surface area (Å²) < 4.78 is 7.71. The molecule has 0 saturated carbocycles. The molecule has 0 saturated heterocycles. The van der Waals surface area contributed by atoms with Crippen LogP contribution >= 0.6 is 0 Å². The Bertz CT molecular complexity index is 1090. The van der Waals surface area contributed by atoms with Crippen LogP contribution in [0.1, 0.15) is 56.1 Å². The lowest BCUT2D eigenvalue weighted by molar-refractivity contribution is -0.123. The van der Waals surface area contributed by atoms with Crippen molar-refractivity contribution >= 4 is 22.7 Å². The van der Waals surface area contributed by atoms with Gasteiger partial charge >= 0.3 is 0 Å². The largest absolute Gasteiger partial charge is 0.483 e. The minimum atomic E-state index is -0.228. The van der Waals surface area contributed by atoms with Crippen LogP contribution in [0, 0.1) is 13.8 Å². The van der Waals surface area contributed by atoms with E-state index in [0.717, 1.165) is 59.4 Å². The number of nitrogens with one attached hydrogen (secondary N) is 1. The number of nitrogens with zero attached hydrogens (tertiary/aromatic N) is 2. The number of ketones is 1. The standard InChI is InChI=1S/C26H33N3O3/c1-18-13-14-19(2)24(16-18)32-17-26(31)27-15-9-5-6-12-25-28-22-10-7-8-11-23(22)29(25)20(3)21(4)30/h7-8,10-11,13-14,16,20H,5-6,9,12,15,17H2,1-4H3,(H,27,31). The Balaban J connectivity index is 1.42. The van der Waals surface area contributed by atoms with Crippen LogP contribution in [0.25, 0.3) is 11.0 Å². The summed E-state index contributed by atoms with van der Waals surface area (Å²) in [5.74, 6) is 1.71. The lowest BCUT2D eigenvalue weighted by Gasteiger charge is -2.15. The predicted molar refractivity (Wildman–Crippen MR) is 127 cm³/mol.